The topological polar surface area (TPSA) is 26.5 Å². The van der Waals surface area contributed by atoms with Crippen LogP contribution in [0.3, 0.4) is 0 Å². The van der Waals surface area contributed by atoms with Crippen LogP contribution >= 0.6 is 11.6 Å². The van der Waals surface area contributed by atoms with E-state index in [-0.39, 0.29) is 0 Å². The van der Waals surface area contributed by atoms with Crippen molar-refractivity contribution in [1.82, 2.24) is 9.38 Å². The van der Waals surface area contributed by atoms with Gasteiger partial charge in [-0.05, 0) is 36.2 Å². The van der Waals surface area contributed by atoms with Crippen LogP contribution in [0.2, 0.25) is 0 Å². The number of hydrogen-bond donors (Lipinski definition) is 0. The maximum Gasteiger partial charge on any atom is 0.140 e. The number of ether oxygens (including phenoxy) is 1. The van der Waals surface area contributed by atoms with Crippen LogP contribution in [0.5, 0.6) is 5.75 Å². The molecule has 0 bridgehead atoms. The Morgan fingerprint density at radius 1 is 1.19 bits per heavy atom. The Bertz CT molecular complexity index is 762. The molecule has 3 aromatic rings. The number of fused-ring (bicyclic) bond motifs is 1. The molecule has 0 unspecified atom stereocenters. The molecule has 3 nitrogen and oxygen atoms in total. The van der Waals surface area contributed by atoms with Crippen LogP contribution in [0.4, 0.5) is 0 Å². The van der Waals surface area contributed by atoms with Gasteiger partial charge in [-0.3, -0.25) is 0 Å². The number of pyridine rings is 1. The van der Waals surface area contributed by atoms with Crippen molar-refractivity contribution in [3.8, 4) is 5.75 Å². The average Bonchev–Trinajstić information content (AvgIpc) is 2.87. The van der Waals surface area contributed by atoms with Crippen molar-refractivity contribution in [1.29, 1.82) is 0 Å². The molecular formula is C17H17ClN2O. The largest absolute Gasteiger partial charge is 0.497 e. The zero-order valence-corrected chi connectivity index (χ0v) is 12.9. The minimum Gasteiger partial charge on any atom is -0.497 e. The molecule has 3 rings (SSSR count). The lowest BCUT2D eigenvalue weighted by Crippen LogP contribution is -1.95. The number of rotatable bonds is 4. The van der Waals surface area contributed by atoms with Gasteiger partial charge in [-0.1, -0.05) is 18.2 Å². The predicted octanol–water partition coefficient (Wildman–Crippen LogP) is 3.98. The lowest BCUT2D eigenvalue weighted by Gasteiger charge is -2.04. The smallest absolute Gasteiger partial charge is 0.140 e. The quantitative estimate of drug-likeness (QED) is 0.681. The van der Waals surface area contributed by atoms with E-state index in [9.17, 15) is 0 Å². The summed E-state index contributed by atoms with van der Waals surface area (Å²) in [5.74, 6) is 1.32. The molecule has 0 aliphatic heterocycles. The second-order valence-electron chi connectivity index (χ2n) is 5.05. The van der Waals surface area contributed by atoms with Crippen LogP contribution in [-0.4, -0.2) is 16.5 Å². The number of methoxy groups -OCH3 is 1. The Hall–Kier alpha value is -2.00. The Morgan fingerprint density at radius 3 is 2.62 bits per heavy atom. The van der Waals surface area contributed by atoms with E-state index in [2.05, 4.69) is 29.5 Å². The van der Waals surface area contributed by atoms with Gasteiger partial charge in [-0.2, -0.15) is 0 Å². The van der Waals surface area contributed by atoms with Crippen LogP contribution in [-0.2, 0) is 12.3 Å². The molecule has 0 saturated heterocycles. The summed E-state index contributed by atoms with van der Waals surface area (Å²) in [7, 11) is 1.67. The number of alkyl halides is 1. The molecular weight excluding hydrogens is 284 g/mol. The fourth-order valence-electron chi connectivity index (χ4n) is 2.52. The molecule has 0 aliphatic rings. The first kappa shape index (κ1) is 14.0. The first-order valence-corrected chi connectivity index (χ1v) is 7.40. The molecule has 0 aliphatic carbocycles. The SMILES string of the molecule is COc1ccc(Cc2nc3c(C)cccn3c2CCl)cc1. The van der Waals surface area contributed by atoms with Crippen molar-refractivity contribution in [3.63, 3.8) is 0 Å². The van der Waals surface area contributed by atoms with Crippen molar-refractivity contribution in [2.24, 2.45) is 0 Å². The van der Waals surface area contributed by atoms with Crippen LogP contribution in [0.25, 0.3) is 5.65 Å². The van der Waals surface area contributed by atoms with Gasteiger partial charge in [-0.15, -0.1) is 11.6 Å². The van der Waals surface area contributed by atoms with Crippen molar-refractivity contribution in [2.45, 2.75) is 19.2 Å². The summed E-state index contributed by atoms with van der Waals surface area (Å²) >= 11 is 6.14. The molecule has 1 aromatic carbocycles. The number of hydrogen-bond acceptors (Lipinski definition) is 2. The van der Waals surface area contributed by atoms with Crippen LogP contribution in [0, 0.1) is 6.92 Å². The van der Waals surface area contributed by atoms with Crippen molar-refractivity contribution in [3.05, 3.63) is 65.1 Å². The Labute approximate surface area is 129 Å². The Morgan fingerprint density at radius 2 is 1.95 bits per heavy atom. The fourth-order valence-corrected chi connectivity index (χ4v) is 2.80. The first-order valence-electron chi connectivity index (χ1n) is 6.87. The highest BCUT2D eigenvalue weighted by Gasteiger charge is 2.13. The van der Waals surface area contributed by atoms with Crippen LogP contribution < -0.4 is 4.74 Å². The summed E-state index contributed by atoms with van der Waals surface area (Å²) in [6, 6.07) is 12.2. The molecule has 0 fully saturated rings. The molecule has 0 atom stereocenters. The number of benzene rings is 1. The van der Waals surface area contributed by atoms with Gasteiger partial charge in [-0.25, -0.2) is 4.98 Å². The molecule has 2 aromatic heterocycles. The monoisotopic (exact) mass is 300 g/mol. The third-order valence-electron chi connectivity index (χ3n) is 3.68. The van der Waals surface area contributed by atoms with E-state index < -0.39 is 0 Å². The average molecular weight is 301 g/mol. The highest BCUT2D eigenvalue weighted by molar-refractivity contribution is 6.17. The first-order chi connectivity index (χ1) is 10.2. The van der Waals surface area contributed by atoms with E-state index >= 15 is 0 Å². The second-order valence-corrected chi connectivity index (χ2v) is 5.32. The number of aryl methyl sites for hydroxylation is 1. The molecule has 21 heavy (non-hydrogen) atoms. The number of nitrogens with zero attached hydrogens (tertiary/aromatic N) is 2. The summed E-state index contributed by atoms with van der Waals surface area (Å²) in [6.07, 6.45) is 2.79. The van der Waals surface area contributed by atoms with Gasteiger partial charge in [0.05, 0.1) is 24.4 Å². The number of imidazole rings is 1. The molecule has 2 heterocycles. The van der Waals surface area contributed by atoms with E-state index in [0.29, 0.717) is 5.88 Å². The van der Waals surface area contributed by atoms with Gasteiger partial charge in [0.1, 0.15) is 11.4 Å². The Balaban J connectivity index is 2.01. The maximum absolute atomic E-state index is 6.14. The predicted molar refractivity (Wildman–Crippen MR) is 85.3 cm³/mol. The number of aromatic nitrogens is 2. The summed E-state index contributed by atoms with van der Waals surface area (Å²) in [4.78, 5) is 4.77. The van der Waals surface area contributed by atoms with Crippen LogP contribution in [0.1, 0.15) is 22.5 Å². The van der Waals surface area contributed by atoms with Crippen molar-refractivity contribution in [2.75, 3.05) is 7.11 Å². The second kappa shape index (κ2) is 5.78. The Kier molecular flexibility index (Phi) is 3.84. The normalized spacial score (nSPS) is 11.0. The van der Waals surface area contributed by atoms with Gasteiger partial charge < -0.3 is 9.14 Å². The zero-order valence-electron chi connectivity index (χ0n) is 12.1. The van der Waals surface area contributed by atoms with E-state index in [1.165, 1.54) is 5.56 Å². The molecule has 0 saturated carbocycles. The lowest BCUT2D eigenvalue weighted by atomic mass is 10.1. The van der Waals surface area contributed by atoms with Crippen LogP contribution in [0.15, 0.2) is 42.6 Å². The van der Waals surface area contributed by atoms with Gasteiger partial charge in [0.25, 0.3) is 0 Å². The molecule has 0 amide bonds. The van der Waals surface area contributed by atoms with E-state index in [1.54, 1.807) is 7.11 Å². The van der Waals surface area contributed by atoms with E-state index in [0.717, 1.165) is 34.8 Å². The molecule has 4 heteroatoms. The molecule has 0 spiro atoms. The third-order valence-corrected chi connectivity index (χ3v) is 3.94. The zero-order chi connectivity index (χ0) is 14.8. The standard InChI is InChI=1S/C17H17ClN2O/c1-12-4-3-9-20-16(11-18)15(19-17(12)20)10-13-5-7-14(21-2)8-6-13/h3-9H,10-11H2,1-2H3. The summed E-state index contributed by atoms with van der Waals surface area (Å²) < 4.78 is 7.27. The summed E-state index contributed by atoms with van der Waals surface area (Å²) in [6.45, 7) is 2.07. The lowest BCUT2D eigenvalue weighted by molar-refractivity contribution is 0.414. The highest BCUT2D eigenvalue weighted by atomic mass is 35.5. The minimum absolute atomic E-state index is 0.454. The highest BCUT2D eigenvalue weighted by Crippen LogP contribution is 2.21. The van der Waals surface area contributed by atoms with Crippen molar-refractivity contribution < 1.29 is 4.74 Å². The van der Waals surface area contributed by atoms with Gasteiger partial charge >= 0.3 is 0 Å². The molecule has 0 N–H and O–H groups in total. The third kappa shape index (κ3) is 2.61. The van der Waals surface area contributed by atoms with Gasteiger partial charge in [0.15, 0.2) is 0 Å². The fraction of sp³-hybridized carbons (Fsp3) is 0.235. The minimum atomic E-state index is 0.454. The van der Waals surface area contributed by atoms with Crippen molar-refractivity contribution >= 4 is 17.2 Å². The van der Waals surface area contributed by atoms with Gasteiger partial charge in [0, 0.05) is 12.6 Å². The van der Waals surface area contributed by atoms with Gasteiger partial charge in [0.2, 0.25) is 0 Å². The summed E-state index contributed by atoms with van der Waals surface area (Å²) in [5, 5.41) is 0. The maximum atomic E-state index is 6.14. The number of halogens is 1. The van der Waals surface area contributed by atoms with E-state index in [1.807, 2.05) is 24.4 Å². The van der Waals surface area contributed by atoms with E-state index in [4.69, 9.17) is 21.3 Å². The molecule has 0 radical (unpaired) electrons. The molecule has 108 valence electrons. The summed E-state index contributed by atoms with van der Waals surface area (Å²) in [5.41, 5.74) is 5.43.